The maximum Gasteiger partial charge on any atom is 0.255 e. The Bertz CT molecular complexity index is 958. The maximum absolute atomic E-state index is 12.4. The highest BCUT2D eigenvalue weighted by atomic mass is 35.5. The summed E-state index contributed by atoms with van der Waals surface area (Å²) in [6, 6.07) is 15.0. The molecule has 2 aliphatic carbocycles. The van der Waals surface area contributed by atoms with Crippen LogP contribution in [0.15, 0.2) is 48.5 Å². The molecule has 0 aliphatic heterocycles. The molecule has 1 amide bonds. The lowest BCUT2D eigenvalue weighted by molar-refractivity contribution is 0.102. The van der Waals surface area contributed by atoms with E-state index in [4.69, 9.17) is 0 Å². The van der Waals surface area contributed by atoms with Crippen molar-refractivity contribution in [3.05, 3.63) is 59.7 Å². The molecule has 0 spiro atoms. The van der Waals surface area contributed by atoms with Gasteiger partial charge in [-0.1, -0.05) is 12.1 Å². The third kappa shape index (κ3) is 6.19. The van der Waals surface area contributed by atoms with Crippen LogP contribution in [0.4, 0.5) is 11.4 Å². The van der Waals surface area contributed by atoms with E-state index in [1.165, 1.54) is 24.8 Å². The Hall–Kier alpha value is -2.09. The molecule has 2 aliphatic rings. The zero-order valence-corrected chi connectivity index (χ0v) is 17.9. The van der Waals surface area contributed by atoms with Crippen molar-refractivity contribution < 1.29 is 13.2 Å². The van der Waals surface area contributed by atoms with Gasteiger partial charge in [0.1, 0.15) is 0 Å². The summed E-state index contributed by atoms with van der Waals surface area (Å²) in [5, 5.41) is 6.52. The fraction of sp³-hybridized carbons (Fsp3) is 0.381. The molecular weight excluding hydrogens is 410 g/mol. The van der Waals surface area contributed by atoms with Gasteiger partial charge in [-0.25, -0.2) is 8.42 Å². The first-order chi connectivity index (χ1) is 13.4. The Morgan fingerprint density at radius 3 is 2.21 bits per heavy atom. The molecule has 0 aromatic heterocycles. The number of carbonyl (C=O) groups excluding carboxylic acids is 1. The third-order valence-corrected chi connectivity index (χ3v) is 5.81. The highest BCUT2D eigenvalue weighted by Crippen LogP contribution is 2.41. The quantitative estimate of drug-likeness (QED) is 0.591. The number of sulfonamides is 1. The van der Waals surface area contributed by atoms with Crippen LogP contribution in [0.2, 0.25) is 0 Å². The predicted octanol–water partition coefficient (Wildman–Crippen LogP) is 3.59. The van der Waals surface area contributed by atoms with Crippen molar-refractivity contribution in [2.24, 2.45) is 5.92 Å². The lowest BCUT2D eigenvalue weighted by Crippen LogP contribution is -2.20. The van der Waals surface area contributed by atoms with E-state index < -0.39 is 10.0 Å². The zero-order chi connectivity index (χ0) is 19.7. The molecule has 0 saturated heterocycles. The Morgan fingerprint density at radius 1 is 1.00 bits per heavy atom. The predicted molar refractivity (Wildman–Crippen MR) is 118 cm³/mol. The molecule has 156 valence electrons. The minimum Gasteiger partial charge on any atom is -0.322 e. The number of carbonyl (C=O) groups is 1. The highest BCUT2D eigenvalue weighted by molar-refractivity contribution is 7.92. The van der Waals surface area contributed by atoms with Gasteiger partial charge in [-0.3, -0.25) is 9.52 Å². The number of amides is 1. The fourth-order valence-electron chi connectivity index (χ4n) is 3.35. The van der Waals surface area contributed by atoms with Gasteiger partial charge in [0.05, 0.1) is 6.26 Å². The number of benzene rings is 2. The third-order valence-electron chi connectivity index (χ3n) is 5.20. The van der Waals surface area contributed by atoms with Crippen molar-refractivity contribution in [2.45, 2.75) is 31.2 Å². The molecule has 4 rings (SSSR count). The second-order valence-corrected chi connectivity index (χ2v) is 9.58. The van der Waals surface area contributed by atoms with Gasteiger partial charge in [0.2, 0.25) is 10.0 Å². The number of hydrogen-bond acceptors (Lipinski definition) is 4. The molecular formula is C21H26ClN3O3S. The summed E-state index contributed by atoms with van der Waals surface area (Å²) < 4.78 is 24.8. The van der Waals surface area contributed by atoms with Crippen LogP contribution < -0.4 is 15.4 Å². The smallest absolute Gasteiger partial charge is 0.255 e. The van der Waals surface area contributed by atoms with Crippen molar-refractivity contribution in [1.29, 1.82) is 0 Å². The second-order valence-electron chi connectivity index (χ2n) is 7.83. The average Bonchev–Trinajstić information content (AvgIpc) is 3.54. The van der Waals surface area contributed by atoms with Crippen molar-refractivity contribution in [1.82, 2.24) is 5.32 Å². The first-order valence-electron chi connectivity index (χ1n) is 9.60. The summed E-state index contributed by atoms with van der Waals surface area (Å²) >= 11 is 0. The first-order valence-corrected chi connectivity index (χ1v) is 11.5. The van der Waals surface area contributed by atoms with E-state index in [9.17, 15) is 13.2 Å². The van der Waals surface area contributed by atoms with Crippen molar-refractivity contribution >= 4 is 39.7 Å². The van der Waals surface area contributed by atoms with Crippen LogP contribution in [0.5, 0.6) is 0 Å². The number of nitrogens with one attached hydrogen (secondary N) is 3. The van der Waals surface area contributed by atoms with E-state index >= 15 is 0 Å². The molecule has 8 heteroatoms. The molecule has 2 atom stereocenters. The minimum atomic E-state index is -3.33. The van der Waals surface area contributed by atoms with Gasteiger partial charge in [0.15, 0.2) is 0 Å². The van der Waals surface area contributed by atoms with Gasteiger partial charge in [-0.2, -0.15) is 0 Å². The summed E-state index contributed by atoms with van der Waals surface area (Å²) in [6.07, 6.45) is 5.02. The monoisotopic (exact) mass is 435 g/mol. The second kappa shape index (κ2) is 8.73. The first kappa shape index (κ1) is 21.6. The van der Waals surface area contributed by atoms with Crippen molar-refractivity contribution in [3.8, 4) is 0 Å². The summed E-state index contributed by atoms with van der Waals surface area (Å²) in [5.74, 6) is 1.25. The number of hydrogen-bond donors (Lipinski definition) is 3. The number of halogens is 1. The average molecular weight is 436 g/mol. The normalized spacial score (nSPS) is 20.4. The van der Waals surface area contributed by atoms with Crippen LogP contribution in [-0.2, 0) is 10.0 Å². The number of rotatable bonds is 8. The molecule has 2 aromatic rings. The molecule has 0 radical (unpaired) electrons. The SMILES string of the molecule is CS(=O)(=O)Nc1ccc(C(=O)Nc2ccc(C3CC3NCC3CC3)cc2)cc1.Cl. The minimum absolute atomic E-state index is 0. The maximum atomic E-state index is 12.4. The Kier molecular flexibility index (Phi) is 6.51. The van der Waals surface area contributed by atoms with Crippen LogP contribution in [-0.4, -0.2) is 33.2 Å². The largest absolute Gasteiger partial charge is 0.322 e. The molecule has 2 fully saturated rings. The van der Waals surface area contributed by atoms with Gasteiger partial charge in [-0.05, 0) is 73.7 Å². The van der Waals surface area contributed by atoms with Crippen molar-refractivity contribution in [2.75, 3.05) is 22.8 Å². The molecule has 29 heavy (non-hydrogen) atoms. The highest BCUT2D eigenvalue weighted by Gasteiger charge is 2.38. The molecule has 2 unspecified atom stereocenters. The van der Waals surface area contributed by atoms with E-state index in [0.717, 1.165) is 24.4 Å². The number of anilines is 2. The summed E-state index contributed by atoms with van der Waals surface area (Å²) in [6.45, 7) is 1.15. The topological polar surface area (TPSA) is 87.3 Å². The standard InChI is InChI=1S/C21H25N3O3S.ClH/c1-28(26,27)24-18-10-6-16(7-11-18)21(25)23-17-8-4-15(5-9-17)19-12-20(19)22-13-14-2-3-14;/h4-11,14,19-20,22,24H,2-3,12-13H2,1H3,(H,23,25);1H. The molecule has 0 bridgehead atoms. The van der Waals surface area contributed by atoms with Gasteiger partial charge >= 0.3 is 0 Å². The summed E-state index contributed by atoms with van der Waals surface area (Å²) in [5.41, 5.74) is 2.95. The molecule has 3 N–H and O–H groups in total. The Morgan fingerprint density at radius 2 is 1.62 bits per heavy atom. The summed E-state index contributed by atoms with van der Waals surface area (Å²) in [7, 11) is -3.33. The van der Waals surface area contributed by atoms with Crippen molar-refractivity contribution in [3.63, 3.8) is 0 Å². The van der Waals surface area contributed by atoms with Gasteiger partial charge < -0.3 is 10.6 Å². The van der Waals surface area contributed by atoms with Gasteiger partial charge in [-0.15, -0.1) is 12.4 Å². The summed E-state index contributed by atoms with van der Waals surface area (Å²) in [4.78, 5) is 12.4. The van der Waals surface area contributed by atoms with E-state index in [-0.39, 0.29) is 18.3 Å². The fourth-order valence-corrected chi connectivity index (χ4v) is 3.91. The zero-order valence-electron chi connectivity index (χ0n) is 16.2. The van der Waals surface area contributed by atoms with Crippen LogP contribution in [0.3, 0.4) is 0 Å². The van der Waals surface area contributed by atoms with E-state index in [1.54, 1.807) is 24.3 Å². The van der Waals surface area contributed by atoms with E-state index in [2.05, 4.69) is 27.5 Å². The molecule has 0 heterocycles. The van der Waals surface area contributed by atoms with Crippen LogP contribution >= 0.6 is 12.4 Å². The molecule has 2 aromatic carbocycles. The molecule has 6 nitrogen and oxygen atoms in total. The lowest BCUT2D eigenvalue weighted by Gasteiger charge is -2.08. The van der Waals surface area contributed by atoms with Gasteiger partial charge in [0, 0.05) is 28.9 Å². The lowest BCUT2D eigenvalue weighted by atomic mass is 10.1. The van der Waals surface area contributed by atoms with Crippen LogP contribution in [0, 0.1) is 5.92 Å². The van der Waals surface area contributed by atoms with E-state index in [0.29, 0.717) is 23.2 Å². The van der Waals surface area contributed by atoms with Gasteiger partial charge in [0.25, 0.3) is 5.91 Å². The Labute approximate surface area is 177 Å². The van der Waals surface area contributed by atoms with Crippen LogP contribution in [0.25, 0.3) is 0 Å². The van der Waals surface area contributed by atoms with E-state index in [1.807, 2.05) is 12.1 Å². The molecule has 2 saturated carbocycles. The Balaban J connectivity index is 0.00000240. The van der Waals surface area contributed by atoms with Crippen LogP contribution in [0.1, 0.15) is 41.1 Å².